The van der Waals surface area contributed by atoms with Gasteiger partial charge >= 0.3 is 5.69 Å². The van der Waals surface area contributed by atoms with E-state index in [4.69, 9.17) is 0 Å². The van der Waals surface area contributed by atoms with Gasteiger partial charge in [-0.1, -0.05) is 24.3 Å². The summed E-state index contributed by atoms with van der Waals surface area (Å²) in [6, 6.07) is 14.0. The molecule has 156 valence electrons. The molecule has 0 unspecified atom stereocenters. The molecule has 10 heteroatoms. The van der Waals surface area contributed by atoms with E-state index in [1.807, 2.05) is 34.1 Å². The number of imidazole rings is 1. The summed E-state index contributed by atoms with van der Waals surface area (Å²) in [6.45, 7) is 1.98. The van der Waals surface area contributed by atoms with E-state index in [1.54, 1.807) is 22.8 Å². The average Bonchev–Trinajstić information content (AvgIpc) is 3.23. The van der Waals surface area contributed by atoms with Gasteiger partial charge < -0.3 is 9.80 Å². The van der Waals surface area contributed by atoms with E-state index in [2.05, 4.69) is 15.0 Å². The molecule has 1 saturated heterocycles. The topological polar surface area (TPSA) is 93.2 Å². The van der Waals surface area contributed by atoms with Gasteiger partial charge in [0, 0.05) is 26.2 Å². The summed E-state index contributed by atoms with van der Waals surface area (Å²) in [4.78, 5) is 28.1. The van der Waals surface area contributed by atoms with Crippen molar-refractivity contribution in [2.45, 2.75) is 0 Å². The lowest BCUT2D eigenvalue weighted by molar-refractivity contribution is -0.384. The van der Waals surface area contributed by atoms with E-state index >= 15 is 0 Å². The number of fused-ring (bicyclic) bond motifs is 1. The lowest BCUT2D eigenvalue weighted by atomic mass is 10.2. The minimum absolute atomic E-state index is 0.167. The van der Waals surface area contributed by atoms with Crippen molar-refractivity contribution in [2.24, 2.45) is 0 Å². The Morgan fingerprint density at radius 1 is 0.871 bits per heavy atom. The second kappa shape index (κ2) is 7.63. The number of aromatic nitrogens is 4. The first-order valence-corrected chi connectivity index (χ1v) is 9.80. The van der Waals surface area contributed by atoms with E-state index in [9.17, 15) is 14.5 Å². The van der Waals surface area contributed by atoms with Gasteiger partial charge in [0.2, 0.25) is 11.6 Å². The van der Waals surface area contributed by atoms with Crippen molar-refractivity contribution in [2.75, 3.05) is 36.0 Å². The Hall–Kier alpha value is -4.08. The highest BCUT2D eigenvalue weighted by Crippen LogP contribution is 2.33. The van der Waals surface area contributed by atoms with Crippen molar-refractivity contribution in [3.05, 3.63) is 77.1 Å². The minimum atomic E-state index is -0.456. The molecule has 31 heavy (non-hydrogen) atoms. The van der Waals surface area contributed by atoms with Gasteiger partial charge in [-0.3, -0.25) is 14.7 Å². The number of nitrogens with zero attached hydrogens (tertiary/aromatic N) is 7. The predicted molar refractivity (Wildman–Crippen MR) is 114 cm³/mol. The summed E-state index contributed by atoms with van der Waals surface area (Å²) < 4.78 is 15.7. The van der Waals surface area contributed by atoms with Gasteiger partial charge in [-0.25, -0.2) is 19.3 Å². The molecular weight excluding hydrogens is 401 g/mol. The Balaban J connectivity index is 1.49. The number of para-hydroxylation sites is 3. The van der Waals surface area contributed by atoms with Crippen molar-refractivity contribution in [1.82, 2.24) is 19.5 Å². The van der Waals surface area contributed by atoms with Crippen molar-refractivity contribution in [3.63, 3.8) is 0 Å². The minimum Gasteiger partial charge on any atom is -0.366 e. The Bertz CT molecular complexity index is 1270. The first kappa shape index (κ1) is 18.9. The Morgan fingerprint density at radius 3 is 2.32 bits per heavy atom. The summed E-state index contributed by atoms with van der Waals surface area (Å²) in [5, 5.41) is 12.1. The van der Waals surface area contributed by atoms with Gasteiger partial charge in [0.05, 0.1) is 21.6 Å². The number of hydrogen-bond donors (Lipinski definition) is 0. The van der Waals surface area contributed by atoms with E-state index in [0.717, 1.165) is 11.0 Å². The molecule has 2 aromatic carbocycles. The van der Waals surface area contributed by atoms with Crippen LogP contribution in [-0.4, -0.2) is 50.6 Å². The molecule has 4 aromatic rings. The van der Waals surface area contributed by atoms with Crippen molar-refractivity contribution >= 4 is 28.2 Å². The lowest BCUT2D eigenvalue weighted by Gasteiger charge is -2.36. The Kier molecular flexibility index (Phi) is 4.66. The molecule has 1 fully saturated rings. The third-order valence-corrected chi connectivity index (χ3v) is 5.42. The third-order valence-electron chi connectivity index (χ3n) is 5.42. The zero-order valence-electron chi connectivity index (χ0n) is 16.4. The van der Waals surface area contributed by atoms with Crippen LogP contribution in [-0.2, 0) is 0 Å². The van der Waals surface area contributed by atoms with E-state index < -0.39 is 4.92 Å². The molecule has 0 aliphatic carbocycles. The van der Waals surface area contributed by atoms with Gasteiger partial charge in [0.25, 0.3) is 0 Å². The summed E-state index contributed by atoms with van der Waals surface area (Å²) in [7, 11) is 0. The smallest absolute Gasteiger partial charge is 0.354 e. The maximum Gasteiger partial charge on any atom is 0.354 e. The van der Waals surface area contributed by atoms with Crippen molar-refractivity contribution in [3.8, 4) is 5.82 Å². The molecule has 1 aliphatic rings. The maximum atomic E-state index is 14.1. The first-order chi connectivity index (χ1) is 15.1. The number of anilines is 2. The number of benzene rings is 2. The molecule has 0 saturated carbocycles. The van der Waals surface area contributed by atoms with Crippen LogP contribution in [0.4, 0.5) is 21.6 Å². The average molecular weight is 419 g/mol. The molecule has 5 rings (SSSR count). The summed E-state index contributed by atoms with van der Waals surface area (Å²) in [6.07, 6.45) is 2.86. The third kappa shape index (κ3) is 3.31. The molecule has 0 amide bonds. The highest BCUT2D eigenvalue weighted by molar-refractivity contribution is 5.79. The molecule has 0 atom stereocenters. The summed E-state index contributed by atoms with van der Waals surface area (Å²) in [5.74, 6) is 0.138. The van der Waals surface area contributed by atoms with Gasteiger partial charge in [-0.15, -0.1) is 0 Å². The van der Waals surface area contributed by atoms with Gasteiger partial charge in [0.1, 0.15) is 18.5 Å². The van der Waals surface area contributed by atoms with Crippen LogP contribution < -0.4 is 9.80 Å². The quantitative estimate of drug-likeness (QED) is 0.370. The van der Waals surface area contributed by atoms with E-state index in [-0.39, 0.29) is 23.1 Å². The van der Waals surface area contributed by atoms with Gasteiger partial charge in [0.15, 0.2) is 0 Å². The fourth-order valence-electron chi connectivity index (χ4n) is 3.93. The Labute approximate surface area is 176 Å². The molecule has 0 bridgehead atoms. The molecule has 2 aromatic heterocycles. The molecule has 3 heterocycles. The molecule has 1 aliphatic heterocycles. The van der Waals surface area contributed by atoms with Crippen LogP contribution >= 0.6 is 0 Å². The molecule has 0 N–H and O–H groups in total. The number of piperazine rings is 1. The van der Waals surface area contributed by atoms with E-state index in [1.165, 1.54) is 18.7 Å². The SMILES string of the molecule is O=[N+]([O-])c1c(N2CCN(c3ccccc3F)CC2)ncnc1-n1cnc2ccccc21. The van der Waals surface area contributed by atoms with Crippen LogP contribution in [0.2, 0.25) is 0 Å². The van der Waals surface area contributed by atoms with Crippen LogP contribution in [0.15, 0.2) is 61.2 Å². The highest BCUT2D eigenvalue weighted by Gasteiger charge is 2.31. The number of halogens is 1. The van der Waals surface area contributed by atoms with Crippen LogP contribution in [0.3, 0.4) is 0 Å². The molecular formula is C21H18FN7O2. The standard InChI is InChI=1S/C21H18FN7O2/c22-15-5-1-3-7-17(15)26-9-11-27(12-10-26)20-19(29(30)31)21(24-13-23-20)28-14-25-16-6-2-4-8-18(16)28/h1-8,13-14H,9-12H2. The summed E-state index contributed by atoms with van der Waals surface area (Å²) in [5.41, 5.74) is 1.80. The molecule has 0 radical (unpaired) electrons. The second-order valence-electron chi connectivity index (χ2n) is 7.16. The normalized spacial score (nSPS) is 14.2. The fourth-order valence-corrected chi connectivity index (χ4v) is 3.93. The maximum absolute atomic E-state index is 14.1. The van der Waals surface area contributed by atoms with Crippen molar-refractivity contribution < 1.29 is 9.31 Å². The first-order valence-electron chi connectivity index (χ1n) is 9.80. The van der Waals surface area contributed by atoms with Crippen LogP contribution in [0.25, 0.3) is 16.9 Å². The van der Waals surface area contributed by atoms with Crippen LogP contribution in [0, 0.1) is 15.9 Å². The van der Waals surface area contributed by atoms with Crippen LogP contribution in [0.1, 0.15) is 0 Å². The van der Waals surface area contributed by atoms with Gasteiger partial charge in [-0.2, -0.15) is 0 Å². The summed E-state index contributed by atoms with van der Waals surface area (Å²) >= 11 is 0. The number of rotatable bonds is 4. The van der Waals surface area contributed by atoms with Gasteiger partial charge in [-0.05, 0) is 24.3 Å². The fraction of sp³-hybridized carbons (Fsp3) is 0.190. The molecule has 9 nitrogen and oxygen atoms in total. The lowest BCUT2D eigenvalue weighted by Crippen LogP contribution is -2.47. The van der Waals surface area contributed by atoms with E-state index in [0.29, 0.717) is 31.9 Å². The van der Waals surface area contributed by atoms with Crippen molar-refractivity contribution in [1.29, 1.82) is 0 Å². The monoisotopic (exact) mass is 419 g/mol. The highest BCUT2D eigenvalue weighted by atomic mass is 19.1. The number of hydrogen-bond acceptors (Lipinski definition) is 7. The second-order valence-corrected chi connectivity index (χ2v) is 7.16. The zero-order chi connectivity index (χ0) is 21.4. The largest absolute Gasteiger partial charge is 0.366 e. The predicted octanol–water partition coefficient (Wildman–Crippen LogP) is 3.19. The molecule has 0 spiro atoms. The zero-order valence-corrected chi connectivity index (χ0v) is 16.4. The Morgan fingerprint density at radius 2 is 1.55 bits per heavy atom. The van der Waals surface area contributed by atoms with Crippen LogP contribution in [0.5, 0.6) is 0 Å². The number of nitro groups is 1.